The molecule has 134 valence electrons. The zero-order valence-corrected chi connectivity index (χ0v) is 14.2. The minimum absolute atomic E-state index is 0.189. The SMILES string of the molecule is CCC(=O)N1CC[C@H](NCc2ccc(C(F)(F)F)cc2)[C@@H](CC)C1. The van der Waals surface area contributed by atoms with Gasteiger partial charge in [-0.1, -0.05) is 32.4 Å². The molecule has 2 rings (SSSR count). The molecule has 0 aliphatic carbocycles. The zero-order chi connectivity index (χ0) is 17.7. The molecular formula is C18H25F3N2O. The van der Waals surface area contributed by atoms with Crippen LogP contribution in [0.15, 0.2) is 24.3 Å². The van der Waals surface area contributed by atoms with Gasteiger partial charge in [0.2, 0.25) is 5.91 Å². The molecule has 1 fully saturated rings. The number of halogens is 3. The number of nitrogens with zero attached hydrogens (tertiary/aromatic N) is 1. The van der Waals surface area contributed by atoms with Crippen molar-refractivity contribution in [2.24, 2.45) is 5.92 Å². The molecule has 1 amide bonds. The molecule has 3 nitrogen and oxygen atoms in total. The van der Waals surface area contributed by atoms with E-state index >= 15 is 0 Å². The first kappa shape index (κ1) is 18.8. The predicted molar refractivity (Wildman–Crippen MR) is 87.3 cm³/mol. The van der Waals surface area contributed by atoms with E-state index in [9.17, 15) is 18.0 Å². The van der Waals surface area contributed by atoms with Crippen LogP contribution in [0.4, 0.5) is 13.2 Å². The summed E-state index contributed by atoms with van der Waals surface area (Å²) in [7, 11) is 0. The summed E-state index contributed by atoms with van der Waals surface area (Å²) in [5.41, 5.74) is 0.217. The number of piperidine rings is 1. The second-order valence-corrected chi connectivity index (χ2v) is 6.33. The Hall–Kier alpha value is -1.56. The van der Waals surface area contributed by atoms with Crippen LogP contribution in [0, 0.1) is 5.92 Å². The Morgan fingerprint density at radius 3 is 2.46 bits per heavy atom. The molecule has 1 heterocycles. The summed E-state index contributed by atoms with van der Waals surface area (Å²) in [6, 6.07) is 5.57. The second-order valence-electron chi connectivity index (χ2n) is 6.33. The average molecular weight is 342 g/mol. The molecule has 24 heavy (non-hydrogen) atoms. The Balaban J connectivity index is 1.90. The lowest BCUT2D eigenvalue weighted by atomic mass is 9.89. The minimum Gasteiger partial charge on any atom is -0.342 e. The van der Waals surface area contributed by atoms with Crippen molar-refractivity contribution in [3.05, 3.63) is 35.4 Å². The Morgan fingerprint density at radius 1 is 1.25 bits per heavy atom. The molecule has 0 aromatic heterocycles. The molecule has 1 aliphatic heterocycles. The first-order valence-corrected chi connectivity index (χ1v) is 8.52. The third kappa shape index (κ3) is 4.72. The third-order valence-corrected chi connectivity index (χ3v) is 4.76. The molecule has 1 N–H and O–H groups in total. The summed E-state index contributed by atoms with van der Waals surface area (Å²) in [4.78, 5) is 13.8. The molecule has 6 heteroatoms. The largest absolute Gasteiger partial charge is 0.416 e. The fourth-order valence-corrected chi connectivity index (χ4v) is 3.23. The summed E-state index contributed by atoms with van der Waals surface area (Å²) in [5, 5.41) is 3.46. The average Bonchev–Trinajstić information content (AvgIpc) is 2.58. The molecule has 1 saturated heterocycles. The predicted octanol–water partition coefficient (Wildman–Crippen LogP) is 3.83. The summed E-state index contributed by atoms with van der Waals surface area (Å²) < 4.78 is 37.7. The molecule has 0 bridgehead atoms. The first-order chi connectivity index (χ1) is 11.3. The van der Waals surface area contributed by atoms with E-state index in [1.807, 2.05) is 11.8 Å². The molecule has 2 atom stereocenters. The molecule has 1 aromatic rings. The standard InChI is InChI=1S/C18H25F3N2O/c1-3-14-12-23(17(24)4-2)10-9-16(14)22-11-13-5-7-15(8-6-13)18(19,20)21/h5-8,14,16,22H,3-4,9-12H2,1-2H3/t14-,16-/m0/s1. The van der Waals surface area contributed by atoms with Crippen LogP contribution in [0.3, 0.4) is 0 Å². The van der Waals surface area contributed by atoms with Gasteiger partial charge in [0.25, 0.3) is 0 Å². The molecule has 0 unspecified atom stereocenters. The van der Waals surface area contributed by atoms with E-state index in [2.05, 4.69) is 12.2 Å². The van der Waals surface area contributed by atoms with Crippen molar-refractivity contribution in [3.63, 3.8) is 0 Å². The van der Waals surface area contributed by atoms with Crippen molar-refractivity contribution >= 4 is 5.91 Å². The van der Waals surface area contributed by atoms with E-state index in [0.29, 0.717) is 18.9 Å². The normalized spacial score (nSPS) is 21.8. The lowest BCUT2D eigenvalue weighted by molar-refractivity contribution is -0.137. The maximum Gasteiger partial charge on any atom is 0.416 e. The second kappa shape index (κ2) is 8.01. The van der Waals surface area contributed by atoms with E-state index in [-0.39, 0.29) is 11.9 Å². The number of carbonyl (C=O) groups excluding carboxylic acids is 1. The minimum atomic E-state index is -4.29. The van der Waals surface area contributed by atoms with Gasteiger partial charge in [0, 0.05) is 32.1 Å². The molecule has 0 radical (unpaired) electrons. The van der Waals surface area contributed by atoms with Gasteiger partial charge in [-0.2, -0.15) is 13.2 Å². The quantitative estimate of drug-likeness (QED) is 0.882. The van der Waals surface area contributed by atoms with Crippen LogP contribution >= 0.6 is 0 Å². The highest BCUT2D eigenvalue weighted by Gasteiger charge is 2.31. The van der Waals surface area contributed by atoms with E-state index in [4.69, 9.17) is 0 Å². The first-order valence-electron chi connectivity index (χ1n) is 8.52. The van der Waals surface area contributed by atoms with Gasteiger partial charge in [-0.3, -0.25) is 4.79 Å². The lowest BCUT2D eigenvalue weighted by Crippen LogP contribution is -2.50. The van der Waals surface area contributed by atoms with Gasteiger partial charge in [0.1, 0.15) is 0 Å². The van der Waals surface area contributed by atoms with Gasteiger partial charge in [-0.05, 0) is 30.0 Å². The smallest absolute Gasteiger partial charge is 0.342 e. The zero-order valence-electron chi connectivity index (χ0n) is 14.2. The number of hydrogen-bond acceptors (Lipinski definition) is 2. The highest BCUT2D eigenvalue weighted by Crippen LogP contribution is 2.29. The van der Waals surface area contributed by atoms with Gasteiger partial charge in [0.05, 0.1) is 5.56 Å². The van der Waals surface area contributed by atoms with Crippen LogP contribution in [0.5, 0.6) is 0 Å². The number of alkyl halides is 3. The fraction of sp³-hybridized carbons (Fsp3) is 0.611. The van der Waals surface area contributed by atoms with Crippen molar-refractivity contribution in [3.8, 4) is 0 Å². The molecule has 0 saturated carbocycles. The highest BCUT2D eigenvalue weighted by molar-refractivity contribution is 5.75. The van der Waals surface area contributed by atoms with Crippen LogP contribution in [0.1, 0.15) is 44.2 Å². The van der Waals surface area contributed by atoms with E-state index in [1.54, 1.807) is 0 Å². The van der Waals surface area contributed by atoms with Gasteiger partial charge >= 0.3 is 6.18 Å². The van der Waals surface area contributed by atoms with Crippen LogP contribution < -0.4 is 5.32 Å². The maximum atomic E-state index is 12.6. The monoisotopic (exact) mass is 342 g/mol. The summed E-state index contributed by atoms with van der Waals surface area (Å²) in [6.07, 6.45) is -1.92. The number of carbonyl (C=O) groups is 1. The van der Waals surface area contributed by atoms with Crippen molar-refractivity contribution in [2.75, 3.05) is 13.1 Å². The number of nitrogens with one attached hydrogen (secondary N) is 1. The van der Waals surface area contributed by atoms with E-state index < -0.39 is 11.7 Å². The van der Waals surface area contributed by atoms with E-state index in [0.717, 1.165) is 43.6 Å². The van der Waals surface area contributed by atoms with Gasteiger partial charge in [-0.15, -0.1) is 0 Å². The lowest BCUT2D eigenvalue weighted by Gasteiger charge is -2.38. The Kier molecular flexibility index (Phi) is 6.27. The number of hydrogen-bond donors (Lipinski definition) is 1. The number of rotatable bonds is 5. The van der Waals surface area contributed by atoms with Crippen LogP contribution in [0.25, 0.3) is 0 Å². The van der Waals surface area contributed by atoms with Crippen LogP contribution in [-0.4, -0.2) is 29.9 Å². The summed E-state index contributed by atoms with van der Waals surface area (Å²) in [5.74, 6) is 0.568. The summed E-state index contributed by atoms with van der Waals surface area (Å²) in [6.45, 7) is 6.03. The van der Waals surface area contributed by atoms with Gasteiger partial charge in [0.15, 0.2) is 0 Å². The Bertz CT molecular complexity index is 542. The van der Waals surface area contributed by atoms with E-state index in [1.165, 1.54) is 12.1 Å². The molecular weight excluding hydrogens is 317 g/mol. The molecule has 1 aliphatic rings. The van der Waals surface area contributed by atoms with Crippen LogP contribution in [0.2, 0.25) is 0 Å². The number of benzene rings is 1. The third-order valence-electron chi connectivity index (χ3n) is 4.76. The highest BCUT2D eigenvalue weighted by atomic mass is 19.4. The van der Waals surface area contributed by atoms with Crippen molar-refractivity contribution < 1.29 is 18.0 Å². The van der Waals surface area contributed by atoms with Crippen LogP contribution in [-0.2, 0) is 17.5 Å². The Morgan fingerprint density at radius 2 is 1.92 bits per heavy atom. The van der Waals surface area contributed by atoms with Crippen molar-refractivity contribution in [1.82, 2.24) is 10.2 Å². The topological polar surface area (TPSA) is 32.3 Å². The number of likely N-dealkylation sites (tertiary alicyclic amines) is 1. The fourth-order valence-electron chi connectivity index (χ4n) is 3.23. The molecule has 0 spiro atoms. The Labute approximate surface area is 141 Å². The maximum absolute atomic E-state index is 12.6. The van der Waals surface area contributed by atoms with Crippen molar-refractivity contribution in [1.29, 1.82) is 0 Å². The van der Waals surface area contributed by atoms with Gasteiger partial charge in [-0.25, -0.2) is 0 Å². The molecule has 1 aromatic carbocycles. The van der Waals surface area contributed by atoms with Crippen molar-refractivity contribution in [2.45, 2.75) is 51.9 Å². The van der Waals surface area contributed by atoms with Gasteiger partial charge < -0.3 is 10.2 Å². The number of amides is 1. The summed E-state index contributed by atoms with van der Waals surface area (Å²) >= 11 is 0.